The molecule has 5 heteroatoms. The van der Waals surface area contributed by atoms with Gasteiger partial charge in [-0.15, -0.1) is 11.3 Å². The SMILES string of the molecule is O=C(Nc1ccc(F)cc1)c1sccc1Cl. The maximum atomic E-state index is 12.6. The molecule has 2 nitrogen and oxygen atoms in total. The Hall–Kier alpha value is -1.39. The summed E-state index contributed by atoms with van der Waals surface area (Å²) in [6.45, 7) is 0. The van der Waals surface area contributed by atoms with Crippen LogP contribution in [0.5, 0.6) is 0 Å². The molecule has 0 aliphatic carbocycles. The second-order valence-corrected chi connectivity index (χ2v) is 4.38. The summed E-state index contributed by atoms with van der Waals surface area (Å²) in [7, 11) is 0. The first-order valence-corrected chi connectivity index (χ1v) is 5.72. The Labute approximate surface area is 101 Å². The maximum absolute atomic E-state index is 12.6. The minimum Gasteiger partial charge on any atom is -0.321 e. The fourth-order valence-corrected chi connectivity index (χ4v) is 2.21. The van der Waals surface area contributed by atoms with Crippen molar-refractivity contribution in [2.45, 2.75) is 0 Å². The van der Waals surface area contributed by atoms with Crippen molar-refractivity contribution in [3.8, 4) is 0 Å². The molecular weight excluding hydrogens is 249 g/mol. The number of carbonyl (C=O) groups excluding carboxylic acids is 1. The number of anilines is 1. The molecule has 0 fully saturated rings. The standard InChI is InChI=1S/C11H7ClFNOS/c12-9-5-6-16-10(9)11(15)14-8-3-1-7(13)2-4-8/h1-6H,(H,14,15). The molecule has 0 radical (unpaired) electrons. The molecule has 1 amide bonds. The topological polar surface area (TPSA) is 29.1 Å². The molecule has 0 aliphatic rings. The third-order valence-corrected chi connectivity index (χ3v) is 3.27. The first kappa shape index (κ1) is 11.1. The van der Waals surface area contributed by atoms with Gasteiger partial charge in [0.05, 0.1) is 5.02 Å². The van der Waals surface area contributed by atoms with Gasteiger partial charge in [0.25, 0.3) is 5.91 Å². The Morgan fingerprint density at radius 1 is 1.25 bits per heavy atom. The minimum atomic E-state index is -0.341. The number of thiophene rings is 1. The van der Waals surface area contributed by atoms with E-state index in [1.165, 1.54) is 35.6 Å². The molecule has 1 aromatic heterocycles. The second-order valence-electron chi connectivity index (χ2n) is 3.06. The van der Waals surface area contributed by atoms with Crippen molar-refractivity contribution >= 4 is 34.5 Å². The van der Waals surface area contributed by atoms with Gasteiger partial charge in [0.15, 0.2) is 0 Å². The summed E-state index contributed by atoms with van der Waals surface area (Å²) in [5.74, 6) is -0.626. The van der Waals surface area contributed by atoms with E-state index in [0.29, 0.717) is 15.6 Å². The van der Waals surface area contributed by atoms with E-state index in [1.54, 1.807) is 11.4 Å². The average Bonchev–Trinajstić information content (AvgIpc) is 2.68. The van der Waals surface area contributed by atoms with Crippen LogP contribution < -0.4 is 5.32 Å². The number of hydrogen-bond acceptors (Lipinski definition) is 2. The van der Waals surface area contributed by atoms with Gasteiger partial charge in [-0.25, -0.2) is 4.39 Å². The van der Waals surface area contributed by atoms with Crippen molar-refractivity contribution in [1.82, 2.24) is 0 Å². The van der Waals surface area contributed by atoms with E-state index in [4.69, 9.17) is 11.6 Å². The van der Waals surface area contributed by atoms with Crippen molar-refractivity contribution in [2.24, 2.45) is 0 Å². The predicted molar refractivity (Wildman–Crippen MR) is 63.7 cm³/mol. The summed E-state index contributed by atoms with van der Waals surface area (Å²) in [5, 5.41) is 4.79. The van der Waals surface area contributed by atoms with E-state index < -0.39 is 0 Å². The smallest absolute Gasteiger partial charge is 0.267 e. The summed E-state index contributed by atoms with van der Waals surface area (Å²) in [6.07, 6.45) is 0. The molecule has 16 heavy (non-hydrogen) atoms. The van der Waals surface area contributed by atoms with Crippen LogP contribution in [-0.2, 0) is 0 Å². The Kier molecular flexibility index (Phi) is 3.22. The van der Waals surface area contributed by atoms with Gasteiger partial charge in [0.1, 0.15) is 10.7 Å². The highest BCUT2D eigenvalue weighted by Gasteiger charge is 2.11. The number of amides is 1. The Morgan fingerprint density at radius 2 is 1.94 bits per heavy atom. The van der Waals surface area contributed by atoms with Gasteiger partial charge in [0.2, 0.25) is 0 Å². The van der Waals surface area contributed by atoms with Crippen LogP contribution in [0.1, 0.15) is 9.67 Å². The van der Waals surface area contributed by atoms with Gasteiger partial charge in [-0.3, -0.25) is 4.79 Å². The third-order valence-electron chi connectivity index (χ3n) is 1.93. The molecular formula is C11H7ClFNOS. The molecule has 0 bridgehead atoms. The van der Waals surface area contributed by atoms with E-state index >= 15 is 0 Å². The number of nitrogens with one attached hydrogen (secondary N) is 1. The largest absolute Gasteiger partial charge is 0.321 e. The van der Waals surface area contributed by atoms with E-state index in [1.807, 2.05) is 0 Å². The Morgan fingerprint density at radius 3 is 2.50 bits per heavy atom. The van der Waals surface area contributed by atoms with Gasteiger partial charge in [-0.1, -0.05) is 11.6 Å². The third kappa shape index (κ3) is 2.40. The zero-order valence-corrected chi connectivity index (χ0v) is 9.61. The molecule has 0 saturated heterocycles. The first-order valence-electron chi connectivity index (χ1n) is 4.47. The molecule has 0 saturated carbocycles. The highest BCUT2D eigenvalue weighted by Crippen LogP contribution is 2.23. The lowest BCUT2D eigenvalue weighted by atomic mass is 10.3. The van der Waals surface area contributed by atoms with Gasteiger partial charge in [0, 0.05) is 5.69 Å². The van der Waals surface area contributed by atoms with Crippen LogP contribution in [0.25, 0.3) is 0 Å². The first-order chi connectivity index (χ1) is 7.66. The number of carbonyl (C=O) groups is 1. The van der Waals surface area contributed by atoms with Crippen LogP contribution >= 0.6 is 22.9 Å². The molecule has 0 spiro atoms. The zero-order valence-electron chi connectivity index (χ0n) is 8.04. The number of benzene rings is 1. The molecule has 0 atom stereocenters. The van der Waals surface area contributed by atoms with Gasteiger partial charge in [-0.2, -0.15) is 0 Å². The molecule has 82 valence electrons. The number of halogens is 2. The van der Waals surface area contributed by atoms with Crippen molar-refractivity contribution in [1.29, 1.82) is 0 Å². The van der Waals surface area contributed by atoms with Crippen LogP contribution in [0.15, 0.2) is 35.7 Å². The molecule has 2 aromatic rings. The average molecular weight is 256 g/mol. The van der Waals surface area contributed by atoms with Gasteiger partial charge >= 0.3 is 0 Å². The lowest BCUT2D eigenvalue weighted by Crippen LogP contribution is -2.10. The van der Waals surface area contributed by atoms with Crippen molar-refractivity contribution in [3.63, 3.8) is 0 Å². The maximum Gasteiger partial charge on any atom is 0.267 e. The van der Waals surface area contributed by atoms with Crippen molar-refractivity contribution in [3.05, 3.63) is 51.4 Å². The van der Waals surface area contributed by atoms with Crippen LogP contribution in [0, 0.1) is 5.82 Å². The fraction of sp³-hybridized carbons (Fsp3) is 0. The van der Waals surface area contributed by atoms with Crippen LogP contribution in [0.4, 0.5) is 10.1 Å². The van der Waals surface area contributed by atoms with Crippen molar-refractivity contribution in [2.75, 3.05) is 5.32 Å². The lowest BCUT2D eigenvalue weighted by molar-refractivity contribution is 0.103. The molecule has 0 unspecified atom stereocenters. The van der Waals surface area contributed by atoms with Gasteiger partial charge in [-0.05, 0) is 35.7 Å². The van der Waals surface area contributed by atoms with E-state index in [-0.39, 0.29) is 11.7 Å². The zero-order chi connectivity index (χ0) is 11.5. The number of hydrogen-bond donors (Lipinski definition) is 1. The molecule has 1 aromatic carbocycles. The van der Waals surface area contributed by atoms with E-state index in [2.05, 4.69) is 5.32 Å². The summed E-state index contributed by atoms with van der Waals surface area (Å²) in [5.41, 5.74) is 0.538. The second kappa shape index (κ2) is 4.63. The van der Waals surface area contributed by atoms with Crippen LogP contribution in [0.3, 0.4) is 0 Å². The monoisotopic (exact) mass is 255 g/mol. The Bertz CT molecular complexity index is 509. The van der Waals surface area contributed by atoms with Gasteiger partial charge < -0.3 is 5.32 Å². The summed E-state index contributed by atoms with van der Waals surface area (Å²) in [4.78, 5) is 12.2. The minimum absolute atomic E-state index is 0.286. The molecule has 1 N–H and O–H groups in total. The molecule has 0 aliphatic heterocycles. The highest BCUT2D eigenvalue weighted by molar-refractivity contribution is 7.12. The van der Waals surface area contributed by atoms with Crippen LogP contribution in [-0.4, -0.2) is 5.91 Å². The summed E-state index contributed by atoms with van der Waals surface area (Å²) >= 11 is 7.08. The quantitative estimate of drug-likeness (QED) is 0.869. The normalized spacial score (nSPS) is 10.1. The lowest BCUT2D eigenvalue weighted by Gasteiger charge is -2.03. The van der Waals surface area contributed by atoms with Crippen molar-refractivity contribution < 1.29 is 9.18 Å². The van der Waals surface area contributed by atoms with E-state index in [9.17, 15) is 9.18 Å². The highest BCUT2D eigenvalue weighted by atomic mass is 35.5. The number of rotatable bonds is 2. The Balaban J connectivity index is 2.14. The van der Waals surface area contributed by atoms with E-state index in [0.717, 1.165) is 0 Å². The summed E-state index contributed by atoms with van der Waals surface area (Å²) in [6, 6.07) is 7.21. The fourth-order valence-electron chi connectivity index (χ4n) is 1.18. The summed E-state index contributed by atoms with van der Waals surface area (Å²) < 4.78 is 12.6. The molecule has 2 rings (SSSR count). The molecule has 1 heterocycles. The van der Waals surface area contributed by atoms with Crippen LogP contribution in [0.2, 0.25) is 5.02 Å². The predicted octanol–water partition coefficient (Wildman–Crippen LogP) is 3.79.